The van der Waals surface area contributed by atoms with Crippen LogP contribution < -0.4 is 21.1 Å². The van der Waals surface area contributed by atoms with E-state index in [1.54, 1.807) is 6.20 Å². The Labute approximate surface area is 197 Å². The molecule has 2 heterocycles. The summed E-state index contributed by atoms with van der Waals surface area (Å²) in [5.74, 6) is 2.05. The molecule has 0 radical (unpaired) electrons. The lowest BCUT2D eigenvalue weighted by atomic mass is 9.80. The second kappa shape index (κ2) is 8.41. The van der Waals surface area contributed by atoms with Crippen molar-refractivity contribution in [3.63, 3.8) is 0 Å². The van der Waals surface area contributed by atoms with E-state index in [0.29, 0.717) is 23.4 Å². The number of rotatable bonds is 5. The molecule has 0 spiro atoms. The van der Waals surface area contributed by atoms with Gasteiger partial charge in [-0.15, -0.1) is 0 Å². The maximum Gasteiger partial charge on any atom is 0.404 e. The Kier molecular flexibility index (Phi) is 5.56. The monoisotopic (exact) mass is 469 g/mol. The second-order valence-electron chi connectivity index (χ2n) is 9.55. The number of nitrogens with two attached hydrogens (primary N) is 1. The van der Waals surface area contributed by atoms with Crippen molar-refractivity contribution in [2.45, 2.75) is 50.7 Å². The number of halogens is 1. The molecule has 2 bridgehead atoms. The zero-order chi connectivity index (χ0) is 23.2. The highest BCUT2D eigenvalue weighted by Crippen LogP contribution is 2.44. The Morgan fingerprint density at radius 3 is 2.94 bits per heavy atom. The van der Waals surface area contributed by atoms with E-state index in [-0.39, 0.29) is 29.4 Å². The number of hydrogen-bond acceptors (Lipinski definition) is 7. The first-order chi connectivity index (χ1) is 15.8. The molecule has 9 heteroatoms. The van der Waals surface area contributed by atoms with Gasteiger partial charge in [0.15, 0.2) is 5.82 Å². The molecular formula is C24H28ClN5O3. The summed E-state index contributed by atoms with van der Waals surface area (Å²) in [4.78, 5) is 20.4. The van der Waals surface area contributed by atoms with Gasteiger partial charge < -0.3 is 25.8 Å². The van der Waals surface area contributed by atoms with E-state index in [4.69, 9.17) is 26.8 Å². The lowest BCUT2D eigenvalue weighted by Gasteiger charge is -2.28. The first-order valence-electron chi connectivity index (χ1n) is 11.3. The Morgan fingerprint density at radius 1 is 1.30 bits per heavy atom. The Balaban J connectivity index is 1.40. The summed E-state index contributed by atoms with van der Waals surface area (Å²) in [5.41, 5.74) is 7.29. The number of ether oxygens (including phenoxy) is 2. The molecule has 3 aliphatic rings. The maximum atomic E-state index is 11.4. The third-order valence-electron chi connectivity index (χ3n) is 6.87. The summed E-state index contributed by atoms with van der Waals surface area (Å²) < 4.78 is 11.5. The molecule has 2 aromatic rings. The van der Waals surface area contributed by atoms with Gasteiger partial charge in [0.2, 0.25) is 5.95 Å². The number of hydrogen-bond donors (Lipinski definition) is 3. The fraction of sp³-hybridized carbons (Fsp3) is 0.458. The number of carbonyl (C=O) groups excluding carboxylic acids is 1. The van der Waals surface area contributed by atoms with Crippen LogP contribution in [0.5, 0.6) is 5.75 Å². The van der Waals surface area contributed by atoms with Gasteiger partial charge in [0.25, 0.3) is 0 Å². The molecule has 1 fully saturated rings. The molecule has 33 heavy (non-hydrogen) atoms. The van der Waals surface area contributed by atoms with E-state index in [1.807, 2.05) is 12.1 Å². The predicted octanol–water partition coefficient (Wildman–Crippen LogP) is 4.77. The molecule has 1 amide bonds. The van der Waals surface area contributed by atoms with Crippen molar-refractivity contribution >= 4 is 35.1 Å². The molecule has 4 N–H and O–H groups in total. The third-order valence-corrected chi connectivity index (χ3v) is 7.15. The largest absolute Gasteiger partial charge is 0.491 e. The minimum absolute atomic E-state index is 0.0157. The van der Waals surface area contributed by atoms with E-state index in [1.165, 1.54) is 0 Å². The van der Waals surface area contributed by atoms with Crippen LogP contribution in [0.1, 0.15) is 38.7 Å². The van der Waals surface area contributed by atoms with Crippen molar-refractivity contribution in [2.24, 2.45) is 17.6 Å². The van der Waals surface area contributed by atoms with Gasteiger partial charge in [-0.1, -0.05) is 49.7 Å². The average Bonchev–Trinajstić information content (AvgIpc) is 3.32. The molecule has 1 aromatic heterocycles. The van der Waals surface area contributed by atoms with E-state index >= 15 is 0 Å². The number of para-hydroxylation sites is 1. The van der Waals surface area contributed by atoms with Gasteiger partial charge in [0.1, 0.15) is 16.9 Å². The van der Waals surface area contributed by atoms with Crippen LogP contribution in [0.2, 0.25) is 5.02 Å². The molecule has 8 nitrogen and oxygen atoms in total. The smallest absolute Gasteiger partial charge is 0.404 e. The first kappa shape index (κ1) is 21.8. The van der Waals surface area contributed by atoms with Crippen LogP contribution >= 0.6 is 11.6 Å². The Hall–Kier alpha value is -3.00. The molecule has 4 atom stereocenters. The van der Waals surface area contributed by atoms with Crippen molar-refractivity contribution in [3.05, 3.63) is 47.1 Å². The number of nitrogens with zero attached hydrogens (tertiary/aromatic N) is 2. The number of nitrogens with one attached hydrogen (secondary N) is 2. The summed E-state index contributed by atoms with van der Waals surface area (Å²) in [6.45, 7) is 5.14. The fourth-order valence-electron chi connectivity index (χ4n) is 5.21. The lowest BCUT2D eigenvalue weighted by Crippen LogP contribution is -2.41. The SMILES string of the molecule is CC1(C)CCCOc2c(Nc3ncc(Cl)c(N[C@@H]4[C@H](OC(N)=O)[C@H]5C=C[C@@H]4C5)n3)cccc21. The molecule has 5 rings (SSSR count). The molecular weight excluding hydrogens is 442 g/mol. The second-order valence-corrected chi connectivity index (χ2v) is 9.96. The molecule has 1 aliphatic heterocycles. The van der Waals surface area contributed by atoms with Crippen molar-refractivity contribution in [1.82, 2.24) is 9.97 Å². The van der Waals surface area contributed by atoms with Crippen molar-refractivity contribution in [1.29, 1.82) is 0 Å². The van der Waals surface area contributed by atoms with E-state index in [9.17, 15) is 4.79 Å². The van der Waals surface area contributed by atoms with E-state index in [2.05, 4.69) is 52.7 Å². The van der Waals surface area contributed by atoms with E-state index < -0.39 is 6.09 Å². The minimum Gasteiger partial charge on any atom is -0.491 e. The molecule has 174 valence electrons. The number of fused-ring (bicyclic) bond motifs is 3. The van der Waals surface area contributed by atoms with Gasteiger partial charge in [-0.25, -0.2) is 9.78 Å². The molecule has 1 saturated carbocycles. The van der Waals surface area contributed by atoms with Crippen molar-refractivity contribution < 1.29 is 14.3 Å². The number of aromatic nitrogens is 2. The van der Waals surface area contributed by atoms with Crippen LogP contribution in [0.25, 0.3) is 0 Å². The van der Waals surface area contributed by atoms with Gasteiger partial charge in [0, 0.05) is 17.4 Å². The average molecular weight is 470 g/mol. The number of anilines is 3. The van der Waals surface area contributed by atoms with Crippen LogP contribution in [0.4, 0.5) is 22.2 Å². The zero-order valence-electron chi connectivity index (χ0n) is 18.7. The molecule has 2 aliphatic carbocycles. The van der Waals surface area contributed by atoms with Gasteiger partial charge in [-0.05, 0) is 30.7 Å². The molecule has 0 unspecified atom stereocenters. The molecule has 0 saturated heterocycles. The number of primary amides is 1. The van der Waals surface area contributed by atoms with Gasteiger partial charge >= 0.3 is 6.09 Å². The Morgan fingerprint density at radius 2 is 2.12 bits per heavy atom. The highest BCUT2D eigenvalue weighted by atomic mass is 35.5. The maximum absolute atomic E-state index is 11.4. The third kappa shape index (κ3) is 4.19. The molecule has 1 aromatic carbocycles. The summed E-state index contributed by atoms with van der Waals surface area (Å²) in [6.07, 6.45) is 7.58. The van der Waals surface area contributed by atoms with Crippen molar-refractivity contribution in [2.75, 3.05) is 17.2 Å². The first-order valence-corrected chi connectivity index (χ1v) is 11.7. The van der Waals surface area contributed by atoms with Gasteiger partial charge in [0.05, 0.1) is 24.5 Å². The fourth-order valence-corrected chi connectivity index (χ4v) is 5.36. The number of carbonyl (C=O) groups is 1. The van der Waals surface area contributed by atoms with Gasteiger partial charge in [-0.3, -0.25) is 0 Å². The van der Waals surface area contributed by atoms with Crippen LogP contribution in [0.15, 0.2) is 36.5 Å². The normalized spacial score (nSPS) is 26.8. The highest BCUT2D eigenvalue weighted by molar-refractivity contribution is 6.32. The number of benzene rings is 1. The minimum atomic E-state index is -0.781. The Bertz CT molecular complexity index is 1110. The highest BCUT2D eigenvalue weighted by Gasteiger charge is 2.47. The summed E-state index contributed by atoms with van der Waals surface area (Å²) in [5, 5.41) is 7.06. The van der Waals surface area contributed by atoms with Gasteiger partial charge in [-0.2, -0.15) is 4.98 Å². The topological polar surface area (TPSA) is 111 Å². The van der Waals surface area contributed by atoms with Crippen LogP contribution in [-0.2, 0) is 10.2 Å². The van der Waals surface area contributed by atoms with Crippen LogP contribution in [0.3, 0.4) is 0 Å². The lowest BCUT2D eigenvalue weighted by molar-refractivity contribution is 0.0853. The summed E-state index contributed by atoms with van der Waals surface area (Å²) in [7, 11) is 0. The quantitative estimate of drug-likeness (QED) is 0.540. The number of amides is 1. The van der Waals surface area contributed by atoms with Crippen LogP contribution in [0, 0.1) is 11.8 Å². The van der Waals surface area contributed by atoms with Crippen molar-refractivity contribution in [3.8, 4) is 5.75 Å². The standard InChI is InChI=1S/C24H28ClN5O3/c1-24(2)9-4-10-32-20-15(24)5-3-6-17(20)28-23-27-12-16(25)21(30-23)29-18-13-7-8-14(11-13)19(18)33-22(26)31/h3,5-8,12-14,18-19H,4,9-11H2,1-2H3,(H2,26,31)(H2,27,28,29,30)/t13-,14+,18+,19-/m1/s1. The van der Waals surface area contributed by atoms with E-state index in [0.717, 1.165) is 36.3 Å². The summed E-state index contributed by atoms with van der Waals surface area (Å²) in [6, 6.07) is 5.93. The zero-order valence-corrected chi connectivity index (χ0v) is 19.4. The van der Waals surface area contributed by atoms with Crippen LogP contribution in [-0.4, -0.2) is 34.8 Å². The predicted molar refractivity (Wildman–Crippen MR) is 127 cm³/mol. The summed E-state index contributed by atoms with van der Waals surface area (Å²) >= 11 is 6.42.